The van der Waals surface area contributed by atoms with Crippen LogP contribution in [0.1, 0.15) is 37.9 Å². The van der Waals surface area contributed by atoms with Crippen molar-refractivity contribution in [3.05, 3.63) is 53.9 Å². The standard InChI is InChI=1S/C22H28N4/c1-3-17-6-8-18(9-7-17)22-20(15-25-12-4-5-16(2)13-25)26-14-19(23)10-11-21(26)24-22/h6-11,14,16H,3-5,12-13,15,23H2,1-2H3. The molecule has 136 valence electrons. The number of benzene rings is 1. The third-order valence-corrected chi connectivity index (χ3v) is 5.49. The number of nitrogen functional groups attached to an aromatic ring is 1. The Balaban J connectivity index is 1.77. The summed E-state index contributed by atoms with van der Waals surface area (Å²) in [6.07, 6.45) is 5.68. The molecule has 0 saturated carbocycles. The molecule has 0 radical (unpaired) electrons. The van der Waals surface area contributed by atoms with E-state index in [4.69, 9.17) is 10.7 Å². The lowest BCUT2D eigenvalue weighted by molar-refractivity contribution is 0.174. The molecular weight excluding hydrogens is 320 g/mol. The number of hydrogen-bond acceptors (Lipinski definition) is 3. The predicted molar refractivity (Wildman–Crippen MR) is 108 cm³/mol. The molecule has 4 heteroatoms. The van der Waals surface area contributed by atoms with Crippen molar-refractivity contribution >= 4 is 11.3 Å². The van der Waals surface area contributed by atoms with Crippen LogP contribution in [0.2, 0.25) is 0 Å². The quantitative estimate of drug-likeness (QED) is 0.761. The molecule has 2 aromatic heterocycles. The minimum Gasteiger partial charge on any atom is -0.398 e. The van der Waals surface area contributed by atoms with Gasteiger partial charge in [-0.05, 0) is 49.4 Å². The van der Waals surface area contributed by atoms with E-state index in [0.29, 0.717) is 0 Å². The maximum Gasteiger partial charge on any atom is 0.137 e. The first-order valence-electron chi connectivity index (χ1n) is 9.72. The number of rotatable bonds is 4. The summed E-state index contributed by atoms with van der Waals surface area (Å²) in [5.74, 6) is 0.764. The largest absolute Gasteiger partial charge is 0.398 e. The van der Waals surface area contributed by atoms with Crippen molar-refractivity contribution < 1.29 is 0 Å². The first-order chi connectivity index (χ1) is 12.6. The van der Waals surface area contributed by atoms with Gasteiger partial charge in [-0.25, -0.2) is 4.98 Å². The molecule has 4 rings (SSSR count). The van der Waals surface area contributed by atoms with Gasteiger partial charge in [0.05, 0.1) is 11.4 Å². The first-order valence-corrected chi connectivity index (χ1v) is 9.72. The lowest BCUT2D eigenvalue weighted by Crippen LogP contribution is -2.34. The topological polar surface area (TPSA) is 46.6 Å². The zero-order valence-corrected chi connectivity index (χ0v) is 15.8. The fourth-order valence-corrected chi connectivity index (χ4v) is 4.03. The normalized spacial score (nSPS) is 18.5. The average molecular weight is 348 g/mol. The van der Waals surface area contributed by atoms with Crippen molar-refractivity contribution in [2.24, 2.45) is 5.92 Å². The van der Waals surface area contributed by atoms with Crippen LogP contribution >= 0.6 is 0 Å². The SMILES string of the molecule is CCc1ccc(-c2nc3ccc(N)cn3c2CN2CCCC(C)C2)cc1. The van der Waals surface area contributed by atoms with Crippen LogP contribution in [0.15, 0.2) is 42.6 Å². The van der Waals surface area contributed by atoms with E-state index >= 15 is 0 Å². The highest BCUT2D eigenvalue weighted by Gasteiger charge is 2.21. The van der Waals surface area contributed by atoms with E-state index in [1.165, 1.54) is 29.7 Å². The molecule has 1 aromatic carbocycles. The van der Waals surface area contributed by atoms with E-state index in [2.05, 4.69) is 47.4 Å². The molecule has 2 N–H and O–H groups in total. The molecule has 1 fully saturated rings. The van der Waals surface area contributed by atoms with E-state index in [1.807, 2.05) is 18.3 Å². The Bertz CT molecular complexity index is 894. The molecule has 1 aliphatic rings. The van der Waals surface area contributed by atoms with Gasteiger partial charge in [0.15, 0.2) is 0 Å². The second-order valence-corrected chi connectivity index (χ2v) is 7.63. The molecule has 1 atom stereocenters. The highest BCUT2D eigenvalue weighted by atomic mass is 15.2. The fourth-order valence-electron chi connectivity index (χ4n) is 4.03. The molecule has 3 heterocycles. The summed E-state index contributed by atoms with van der Waals surface area (Å²) in [6, 6.07) is 12.8. The molecule has 0 amide bonds. The van der Waals surface area contributed by atoms with Crippen molar-refractivity contribution in [3.63, 3.8) is 0 Å². The highest BCUT2D eigenvalue weighted by molar-refractivity contribution is 5.67. The monoisotopic (exact) mass is 348 g/mol. The maximum atomic E-state index is 6.07. The average Bonchev–Trinajstić information content (AvgIpc) is 2.99. The Morgan fingerprint density at radius 2 is 1.96 bits per heavy atom. The molecule has 0 spiro atoms. The summed E-state index contributed by atoms with van der Waals surface area (Å²) in [4.78, 5) is 7.51. The molecule has 0 aliphatic carbocycles. The van der Waals surface area contributed by atoms with Crippen LogP contribution in [0.5, 0.6) is 0 Å². The van der Waals surface area contributed by atoms with Crippen LogP contribution in [0, 0.1) is 5.92 Å². The number of aryl methyl sites for hydroxylation is 1. The van der Waals surface area contributed by atoms with Crippen molar-refractivity contribution in [1.82, 2.24) is 14.3 Å². The Morgan fingerprint density at radius 1 is 1.15 bits per heavy atom. The summed E-state index contributed by atoms with van der Waals surface area (Å²) < 4.78 is 2.18. The van der Waals surface area contributed by atoms with Gasteiger partial charge < -0.3 is 10.1 Å². The lowest BCUT2D eigenvalue weighted by Gasteiger charge is -2.30. The summed E-state index contributed by atoms with van der Waals surface area (Å²) in [7, 11) is 0. The van der Waals surface area contributed by atoms with Crippen molar-refractivity contribution in [3.8, 4) is 11.3 Å². The van der Waals surface area contributed by atoms with Crippen molar-refractivity contribution in [2.45, 2.75) is 39.7 Å². The van der Waals surface area contributed by atoms with Gasteiger partial charge >= 0.3 is 0 Å². The molecule has 0 bridgehead atoms. The molecule has 3 aromatic rings. The minimum atomic E-state index is 0.764. The number of hydrogen-bond donors (Lipinski definition) is 1. The third kappa shape index (κ3) is 3.34. The van der Waals surface area contributed by atoms with E-state index in [-0.39, 0.29) is 0 Å². The molecule has 1 aliphatic heterocycles. The second kappa shape index (κ2) is 7.12. The predicted octanol–water partition coefficient (Wildman–Crippen LogP) is 4.38. The number of anilines is 1. The van der Waals surface area contributed by atoms with Crippen LogP contribution in [-0.2, 0) is 13.0 Å². The number of piperidine rings is 1. The summed E-state index contributed by atoms with van der Waals surface area (Å²) in [5.41, 5.74) is 12.7. The lowest BCUT2D eigenvalue weighted by atomic mass is 10.00. The van der Waals surface area contributed by atoms with Gasteiger partial charge in [-0.3, -0.25) is 4.90 Å². The van der Waals surface area contributed by atoms with Crippen LogP contribution in [-0.4, -0.2) is 27.4 Å². The Hall–Kier alpha value is -2.33. The van der Waals surface area contributed by atoms with Crippen LogP contribution in [0.25, 0.3) is 16.9 Å². The van der Waals surface area contributed by atoms with E-state index in [0.717, 1.165) is 49.0 Å². The zero-order chi connectivity index (χ0) is 18.1. The van der Waals surface area contributed by atoms with Crippen LogP contribution in [0.3, 0.4) is 0 Å². The minimum absolute atomic E-state index is 0.764. The van der Waals surface area contributed by atoms with Gasteiger partial charge in [0.1, 0.15) is 5.65 Å². The van der Waals surface area contributed by atoms with Crippen molar-refractivity contribution in [1.29, 1.82) is 0 Å². The number of aromatic nitrogens is 2. The van der Waals surface area contributed by atoms with Gasteiger partial charge in [0.2, 0.25) is 0 Å². The summed E-state index contributed by atoms with van der Waals surface area (Å²) in [6.45, 7) is 7.77. The first kappa shape index (κ1) is 17.1. The van der Waals surface area contributed by atoms with E-state index in [9.17, 15) is 0 Å². The maximum absolute atomic E-state index is 6.07. The number of likely N-dealkylation sites (tertiary alicyclic amines) is 1. The fraction of sp³-hybridized carbons (Fsp3) is 0.409. The van der Waals surface area contributed by atoms with Gasteiger partial charge in [0, 0.05) is 30.5 Å². The summed E-state index contributed by atoms with van der Waals surface area (Å²) >= 11 is 0. The number of nitrogens with zero attached hydrogens (tertiary/aromatic N) is 3. The molecule has 4 nitrogen and oxygen atoms in total. The molecule has 1 saturated heterocycles. The smallest absolute Gasteiger partial charge is 0.137 e. The third-order valence-electron chi connectivity index (χ3n) is 5.49. The highest BCUT2D eigenvalue weighted by Crippen LogP contribution is 2.28. The van der Waals surface area contributed by atoms with Gasteiger partial charge in [-0.15, -0.1) is 0 Å². The van der Waals surface area contributed by atoms with E-state index in [1.54, 1.807) is 0 Å². The van der Waals surface area contributed by atoms with E-state index < -0.39 is 0 Å². The molecule has 1 unspecified atom stereocenters. The zero-order valence-electron chi connectivity index (χ0n) is 15.8. The number of fused-ring (bicyclic) bond motifs is 1. The van der Waals surface area contributed by atoms with Crippen molar-refractivity contribution in [2.75, 3.05) is 18.8 Å². The Morgan fingerprint density at radius 3 is 2.69 bits per heavy atom. The van der Waals surface area contributed by atoms with Gasteiger partial charge in [-0.1, -0.05) is 38.1 Å². The van der Waals surface area contributed by atoms with Gasteiger partial charge in [0.25, 0.3) is 0 Å². The summed E-state index contributed by atoms with van der Waals surface area (Å²) in [5, 5.41) is 0. The Kier molecular flexibility index (Phi) is 4.68. The number of pyridine rings is 1. The van der Waals surface area contributed by atoms with Gasteiger partial charge in [-0.2, -0.15) is 0 Å². The van der Waals surface area contributed by atoms with Crippen LogP contribution in [0.4, 0.5) is 5.69 Å². The second-order valence-electron chi connectivity index (χ2n) is 7.63. The number of imidazole rings is 1. The number of nitrogens with two attached hydrogens (primary N) is 1. The van der Waals surface area contributed by atoms with Crippen LogP contribution < -0.4 is 5.73 Å². The Labute approximate surface area is 155 Å². The molecule has 26 heavy (non-hydrogen) atoms. The molecular formula is C22H28N4.